The maximum atomic E-state index is 10.7. The van der Waals surface area contributed by atoms with E-state index in [2.05, 4.69) is 5.29 Å². The summed E-state index contributed by atoms with van der Waals surface area (Å²) >= 11 is 0. The second-order valence-corrected chi connectivity index (χ2v) is 2.84. The standard InChI is InChI=1S/C6H12N3O2.Na/c1-6-4-2-3-5-8(6)9(11)7-10;/h6H,2-5H2,1H3;/q-1;+1. The Kier molecular flexibility index (Phi) is 6.04. The molecular weight excluding hydrogens is 169 g/mol. The minimum atomic E-state index is 0. The van der Waals surface area contributed by atoms with Crippen molar-refractivity contribution in [3.8, 4) is 0 Å². The fourth-order valence-electron chi connectivity index (χ4n) is 1.38. The van der Waals surface area contributed by atoms with Crippen molar-refractivity contribution in [2.75, 3.05) is 6.54 Å². The van der Waals surface area contributed by atoms with Crippen LogP contribution in [0.5, 0.6) is 0 Å². The van der Waals surface area contributed by atoms with Gasteiger partial charge in [-0.25, -0.2) is 5.01 Å². The summed E-state index contributed by atoms with van der Waals surface area (Å²) in [7, 11) is 0. The molecule has 5 nitrogen and oxygen atoms in total. The summed E-state index contributed by atoms with van der Waals surface area (Å²) in [5.74, 6) is 0. The van der Waals surface area contributed by atoms with Gasteiger partial charge in [0, 0.05) is 12.6 Å². The average Bonchev–Trinajstić information content (AvgIpc) is 2.04. The molecular formula is C6H12N3NaO2. The molecule has 6 heteroatoms. The molecule has 1 saturated heterocycles. The first-order chi connectivity index (χ1) is 5.25. The third-order valence-electron chi connectivity index (χ3n) is 2.06. The number of hydrazine groups is 1. The van der Waals surface area contributed by atoms with Crippen molar-refractivity contribution < 1.29 is 29.6 Å². The Balaban J connectivity index is 0.00000121. The third kappa shape index (κ3) is 2.99. The number of nitroso groups, excluding NO2 is 1. The Hall–Kier alpha value is 0.320. The van der Waals surface area contributed by atoms with E-state index in [0.717, 1.165) is 19.3 Å². The molecule has 0 spiro atoms. The van der Waals surface area contributed by atoms with Gasteiger partial charge in [-0.15, -0.1) is 4.91 Å². The first-order valence-corrected chi connectivity index (χ1v) is 3.83. The van der Waals surface area contributed by atoms with Gasteiger partial charge in [0.2, 0.25) is 0 Å². The quantitative estimate of drug-likeness (QED) is 0.288. The van der Waals surface area contributed by atoms with Gasteiger partial charge in [-0.3, -0.25) is 5.28 Å². The summed E-state index contributed by atoms with van der Waals surface area (Å²) in [5, 5.41) is 14.7. The first kappa shape index (κ1) is 12.3. The zero-order chi connectivity index (χ0) is 8.27. The smallest absolute Gasteiger partial charge is 0.724 e. The zero-order valence-electron chi connectivity index (χ0n) is 7.56. The molecule has 1 rings (SSSR count). The first-order valence-electron chi connectivity index (χ1n) is 3.83. The number of rotatable bonds is 2. The van der Waals surface area contributed by atoms with E-state index in [-0.39, 0.29) is 40.9 Å². The molecule has 0 radical (unpaired) electrons. The SMILES string of the molecule is CC1CCCCN1N([O-])N=O.[Na+]. The van der Waals surface area contributed by atoms with Crippen LogP contribution in [0.4, 0.5) is 0 Å². The maximum absolute atomic E-state index is 10.7. The van der Waals surface area contributed by atoms with Crippen LogP contribution in [0.2, 0.25) is 0 Å². The molecule has 1 heterocycles. The van der Waals surface area contributed by atoms with Crippen molar-refractivity contribution in [3.63, 3.8) is 0 Å². The van der Waals surface area contributed by atoms with Crippen molar-refractivity contribution in [2.24, 2.45) is 5.29 Å². The number of piperidine rings is 1. The van der Waals surface area contributed by atoms with Crippen molar-refractivity contribution in [2.45, 2.75) is 32.2 Å². The molecule has 1 unspecified atom stereocenters. The number of nitrogens with zero attached hydrogens (tertiary/aromatic N) is 3. The topological polar surface area (TPSA) is 59.0 Å². The molecule has 0 aromatic heterocycles. The Morgan fingerprint density at radius 3 is 2.75 bits per heavy atom. The predicted octanol–water partition coefficient (Wildman–Crippen LogP) is -1.74. The van der Waals surface area contributed by atoms with E-state index in [1.54, 1.807) is 0 Å². The van der Waals surface area contributed by atoms with Crippen molar-refractivity contribution >= 4 is 0 Å². The summed E-state index contributed by atoms with van der Waals surface area (Å²) in [6.45, 7) is 2.58. The van der Waals surface area contributed by atoms with E-state index in [1.165, 1.54) is 5.01 Å². The molecule has 0 aromatic rings. The molecule has 1 fully saturated rings. The molecule has 1 aliphatic rings. The molecule has 64 valence electrons. The summed E-state index contributed by atoms with van der Waals surface area (Å²) < 4.78 is 0. The Morgan fingerprint density at radius 1 is 1.58 bits per heavy atom. The van der Waals surface area contributed by atoms with Crippen LogP contribution < -0.4 is 29.6 Å². The van der Waals surface area contributed by atoms with Crippen LogP contribution in [0.1, 0.15) is 26.2 Å². The minimum Gasteiger partial charge on any atom is -0.724 e. The van der Waals surface area contributed by atoms with Crippen LogP contribution in [0.25, 0.3) is 0 Å². The second kappa shape index (κ2) is 5.88. The van der Waals surface area contributed by atoms with Gasteiger partial charge >= 0.3 is 29.6 Å². The van der Waals surface area contributed by atoms with Gasteiger partial charge in [0.1, 0.15) is 0 Å². The predicted molar refractivity (Wildman–Crippen MR) is 41.0 cm³/mol. The fourth-order valence-corrected chi connectivity index (χ4v) is 1.38. The molecule has 0 bridgehead atoms. The van der Waals surface area contributed by atoms with Crippen LogP contribution in [-0.2, 0) is 0 Å². The Labute approximate surface area is 93.9 Å². The summed E-state index contributed by atoms with van der Waals surface area (Å²) in [6, 6.07) is 0.152. The van der Waals surface area contributed by atoms with Crippen molar-refractivity contribution in [1.29, 1.82) is 0 Å². The van der Waals surface area contributed by atoms with Crippen molar-refractivity contribution in [3.05, 3.63) is 10.1 Å². The van der Waals surface area contributed by atoms with Crippen LogP contribution in [0, 0.1) is 10.1 Å². The number of hydrogen-bond donors (Lipinski definition) is 0. The van der Waals surface area contributed by atoms with Crippen LogP contribution in [0.15, 0.2) is 5.29 Å². The number of hydrogen-bond acceptors (Lipinski definition) is 4. The van der Waals surface area contributed by atoms with E-state index in [4.69, 9.17) is 0 Å². The molecule has 0 saturated carbocycles. The fraction of sp³-hybridized carbons (Fsp3) is 1.00. The van der Waals surface area contributed by atoms with Gasteiger partial charge in [0.15, 0.2) is 0 Å². The molecule has 0 amide bonds. The van der Waals surface area contributed by atoms with Crippen molar-refractivity contribution in [1.82, 2.24) is 10.3 Å². The largest absolute Gasteiger partial charge is 1.00 e. The summed E-state index contributed by atoms with van der Waals surface area (Å²) in [4.78, 5) is 9.87. The molecule has 0 aliphatic carbocycles. The third-order valence-corrected chi connectivity index (χ3v) is 2.06. The van der Waals surface area contributed by atoms with Gasteiger partial charge in [-0.05, 0) is 19.8 Å². The van der Waals surface area contributed by atoms with E-state index in [1.807, 2.05) is 6.92 Å². The van der Waals surface area contributed by atoms with Crippen LogP contribution >= 0.6 is 0 Å². The van der Waals surface area contributed by atoms with E-state index >= 15 is 0 Å². The monoisotopic (exact) mass is 181 g/mol. The molecule has 0 aromatic carbocycles. The maximum Gasteiger partial charge on any atom is 1.00 e. The van der Waals surface area contributed by atoms with E-state index in [0.29, 0.717) is 6.54 Å². The average molecular weight is 181 g/mol. The van der Waals surface area contributed by atoms with Crippen LogP contribution in [-0.4, -0.2) is 22.9 Å². The molecule has 0 N–H and O–H groups in total. The summed E-state index contributed by atoms with van der Waals surface area (Å²) in [5.41, 5.74) is 0. The van der Waals surface area contributed by atoms with Gasteiger partial charge in [0.25, 0.3) is 0 Å². The Bertz CT molecular complexity index is 147. The van der Waals surface area contributed by atoms with E-state index in [9.17, 15) is 10.1 Å². The second-order valence-electron chi connectivity index (χ2n) is 2.84. The van der Waals surface area contributed by atoms with Gasteiger partial charge < -0.3 is 5.21 Å². The zero-order valence-corrected chi connectivity index (χ0v) is 9.56. The normalized spacial score (nSPS) is 24.3. The van der Waals surface area contributed by atoms with E-state index < -0.39 is 0 Å². The van der Waals surface area contributed by atoms with Gasteiger partial charge in [-0.1, -0.05) is 6.42 Å². The van der Waals surface area contributed by atoms with Gasteiger partial charge in [-0.2, -0.15) is 0 Å². The van der Waals surface area contributed by atoms with Crippen LogP contribution in [0.3, 0.4) is 0 Å². The minimum absolute atomic E-state index is 0. The summed E-state index contributed by atoms with van der Waals surface area (Å²) in [6.07, 6.45) is 3.07. The molecule has 1 atom stereocenters. The Morgan fingerprint density at radius 2 is 2.25 bits per heavy atom. The molecule has 1 aliphatic heterocycles. The van der Waals surface area contributed by atoms with Gasteiger partial charge in [0.05, 0.1) is 5.29 Å². The molecule has 12 heavy (non-hydrogen) atoms.